The van der Waals surface area contributed by atoms with Gasteiger partial charge in [-0.1, -0.05) is 6.42 Å². The molecule has 1 amide bonds. The maximum atomic E-state index is 11.3. The van der Waals surface area contributed by atoms with Crippen molar-refractivity contribution in [3.05, 3.63) is 0 Å². The van der Waals surface area contributed by atoms with E-state index in [1.165, 1.54) is 0 Å². The first-order valence-corrected chi connectivity index (χ1v) is 4.58. The highest BCUT2D eigenvalue weighted by Crippen LogP contribution is 2.37. The maximum absolute atomic E-state index is 11.3. The number of carbonyl (C=O) groups excluding carboxylic acids is 1. The summed E-state index contributed by atoms with van der Waals surface area (Å²) >= 11 is 0. The quantitative estimate of drug-likeness (QED) is 0.591. The maximum Gasteiger partial charge on any atom is 0.252 e. The molecule has 0 radical (unpaired) electrons. The van der Waals surface area contributed by atoms with E-state index in [1.807, 2.05) is 6.92 Å². The topological polar surface area (TPSA) is 38.7 Å². The minimum absolute atomic E-state index is 0.0425. The van der Waals surface area contributed by atoms with Crippen LogP contribution in [0.1, 0.15) is 26.2 Å². The summed E-state index contributed by atoms with van der Waals surface area (Å²) in [6, 6.07) is 0. The normalized spacial score (nSPS) is 33.4. The van der Waals surface area contributed by atoms with E-state index >= 15 is 0 Å². The third-order valence-electron chi connectivity index (χ3n) is 2.66. The van der Waals surface area contributed by atoms with Gasteiger partial charge in [-0.3, -0.25) is 4.79 Å². The molecular formula is C9H13NO2. The molecule has 1 aliphatic carbocycles. The predicted molar refractivity (Wildman–Crippen MR) is 44.9 cm³/mol. The third-order valence-corrected chi connectivity index (χ3v) is 2.66. The van der Waals surface area contributed by atoms with Gasteiger partial charge in [0.25, 0.3) is 5.91 Å². The number of amides is 1. The highest BCUT2D eigenvalue weighted by molar-refractivity contribution is 6.01. The average molecular weight is 167 g/mol. The van der Waals surface area contributed by atoms with Crippen molar-refractivity contribution >= 4 is 11.8 Å². The van der Waals surface area contributed by atoms with E-state index in [9.17, 15) is 4.79 Å². The number of hydrogen-bond donors (Lipinski definition) is 0. The molecule has 0 aromatic rings. The lowest BCUT2D eigenvalue weighted by Gasteiger charge is -2.09. The van der Waals surface area contributed by atoms with Gasteiger partial charge in [0.05, 0.1) is 12.5 Å². The van der Waals surface area contributed by atoms with Gasteiger partial charge in [0.1, 0.15) is 0 Å². The molecule has 3 heteroatoms. The van der Waals surface area contributed by atoms with Crippen molar-refractivity contribution in [3.63, 3.8) is 0 Å². The smallest absolute Gasteiger partial charge is 0.252 e. The lowest BCUT2D eigenvalue weighted by atomic mass is 9.99. The largest absolute Gasteiger partial charge is 0.481 e. The standard InChI is InChI=1S/C9H13NO2/c1-2-12-9-7-5-3-4-6(7)8(11)10-9/h6-7H,2-5H2,1H3/t6-,7-/m0/s1. The Bertz CT molecular complexity index is 235. The molecular weight excluding hydrogens is 154 g/mol. The second-order valence-electron chi connectivity index (χ2n) is 3.37. The molecule has 1 fully saturated rings. The summed E-state index contributed by atoms with van der Waals surface area (Å²) < 4.78 is 5.32. The fraction of sp³-hybridized carbons (Fsp3) is 0.778. The summed E-state index contributed by atoms with van der Waals surface area (Å²) in [6.07, 6.45) is 3.23. The molecule has 2 atom stereocenters. The second kappa shape index (κ2) is 2.88. The Balaban J connectivity index is 2.14. The van der Waals surface area contributed by atoms with Gasteiger partial charge in [-0.15, -0.1) is 0 Å². The molecule has 0 bridgehead atoms. The highest BCUT2D eigenvalue weighted by atomic mass is 16.5. The van der Waals surface area contributed by atoms with Crippen LogP contribution in [0.3, 0.4) is 0 Å². The molecule has 12 heavy (non-hydrogen) atoms. The molecule has 1 heterocycles. The van der Waals surface area contributed by atoms with Crippen molar-refractivity contribution in [1.82, 2.24) is 0 Å². The highest BCUT2D eigenvalue weighted by Gasteiger charge is 2.42. The molecule has 0 aromatic heterocycles. The van der Waals surface area contributed by atoms with Crippen LogP contribution in [-0.2, 0) is 9.53 Å². The first-order chi connectivity index (χ1) is 5.83. The van der Waals surface area contributed by atoms with Crippen molar-refractivity contribution in [3.8, 4) is 0 Å². The summed E-state index contributed by atoms with van der Waals surface area (Å²) in [6.45, 7) is 2.55. The molecule has 2 aliphatic rings. The second-order valence-corrected chi connectivity index (χ2v) is 3.37. The van der Waals surface area contributed by atoms with Gasteiger partial charge in [-0.2, -0.15) is 4.99 Å². The van der Waals surface area contributed by atoms with E-state index in [1.54, 1.807) is 0 Å². The molecule has 0 aromatic carbocycles. The number of rotatable bonds is 1. The zero-order chi connectivity index (χ0) is 8.55. The Kier molecular flexibility index (Phi) is 1.87. The van der Waals surface area contributed by atoms with Crippen LogP contribution < -0.4 is 0 Å². The summed E-state index contributed by atoms with van der Waals surface area (Å²) in [7, 11) is 0. The summed E-state index contributed by atoms with van der Waals surface area (Å²) in [4.78, 5) is 15.2. The van der Waals surface area contributed by atoms with Crippen LogP contribution >= 0.6 is 0 Å². The lowest BCUT2D eigenvalue weighted by molar-refractivity contribution is -0.120. The van der Waals surface area contributed by atoms with Crippen LogP contribution in [0.4, 0.5) is 0 Å². The Labute approximate surface area is 71.8 Å². The number of hydrogen-bond acceptors (Lipinski definition) is 2. The van der Waals surface area contributed by atoms with Gasteiger partial charge >= 0.3 is 0 Å². The number of carbonyl (C=O) groups is 1. The van der Waals surface area contributed by atoms with Gasteiger partial charge in [0.2, 0.25) is 0 Å². The van der Waals surface area contributed by atoms with E-state index in [4.69, 9.17) is 4.74 Å². The third kappa shape index (κ3) is 1.04. The van der Waals surface area contributed by atoms with Crippen LogP contribution in [0, 0.1) is 11.8 Å². The van der Waals surface area contributed by atoms with E-state index in [0.717, 1.165) is 19.3 Å². The number of nitrogens with zero attached hydrogens (tertiary/aromatic N) is 1. The number of aliphatic imine (C=N–C) groups is 1. The molecule has 0 N–H and O–H groups in total. The monoisotopic (exact) mass is 167 g/mol. The van der Waals surface area contributed by atoms with Crippen LogP contribution in [0.5, 0.6) is 0 Å². The number of ether oxygens (including phenoxy) is 1. The van der Waals surface area contributed by atoms with Gasteiger partial charge < -0.3 is 4.74 Å². The zero-order valence-electron chi connectivity index (χ0n) is 7.25. The van der Waals surface area contributed by atoms with Crippen molar-refractivity contribution < 1.29 is 9.53 Å². The van der Waals surface area contributed by atoms with Gasteiger partial charge in [0, 0.05) is 5.92 Å². The van der Waals surface area contributed by atoms with Crippen LogP contribution in [0.15, 0.2) is 4.99 Å². The van der Waals surface area contributed by atoms with Crippen molar-refractivity contribution in [2.45, 2.75) is 26.2 Å². The molecule has 0 saturated heterocycles. The van der Waals surface area contributed by atoms with E-state index in [-0.39, 0.29) is 11.8 Å². The lowest BCUT2D eigenvalue weighted by Crippen LogP contribution is -2.16. The first-order valence-electron chi connectivity index (χ1n) is 4.58. The SMILES string of the molecule is CCOC1=NC(=O)[C@H]2CCC[C@H]12. The van der Waals surface area contributed by atoms with Crippen molar-refractivity contribution in [1.29, 1.82) is 0 Å². The van der Waals surface area contributed by atoms with E-state index in [2.05, 4.69) is 4.99 Å². The molecule has 3 nitrogen and oxygen atoms in total. The fourth-order valence-electron chi connectivity index (χ4n) is 2.11. The molecule has 1 saturated carbocycles. The minimum atomic E-state index is 0.0425. The van der Waals surface area contributed by atoms with Crippen LogP contribution in [0.2, 0.25) is 0 Å². The van der Waals surface area contributed by atoms with Crippen molar-refractivity contribution in [2.24, 2.45) is 16.8 Å². The Morgan fingerprint density at radius 2 is 2.25 bits per heavy atom. The van der Waals surface area contributed by atoms with E-state index in [0.29, 0.717) is 18.4 Å². The van der Waals surface area contributed by atoms with Gasteiger partial charge in [0.15, 0.2) is 5.90 Å². The summed E-state index contributed by atoms with van der Waals surface area (Å²) in [5.41, 5.74) is 0. The Morgan fingerprint density at radius 1 is 1.50 bits per heavy atom. The van der Waals surface area contributed by atoms with Gasteiger partial charge in [-0.25, -0.2) is 0 Å². The zero-order valence-corrected chi connectivity index (χ0v) is 7.25. The average Bonchev–Trinajstić information content (AvgIpc) is 2.58. The fourth-order valence-corrected chi connectivity index (χ4v) is 2.11. The molecule has 2 rings (SSSR count). The van der Waals surface area contributed by atoms with Crippen LogP contribution in [-0.4, -0.2) is 18.4 Å². The molecule has 0 unspecified atom stereocenters. The van der Waals surface area contributed by atoms with Gasteiger partial charge in [-0.05, 0) is 19.8 Å². The Hall–Kier alpha value is -0.860. The molecule has 0 spiro atoms. The minimum Gasteiger partial charge on any atom is -0.481 e. The molecule has 1 aliphatic heterocycles. The van der Waals surface area contributed by atoms with E-state index < -0.39 is 0 Å². The first kappa shape index (κ1) is 7.77. The number of fused-ring (bicyclic) bond motifs is 1. The Morgan fingerprint density at radius 3 is 3.00 bits per heavy atom. The predicted octanol–water partition coefficient (Wildman–Crippen LogP) is 1.38. The van der Waals surface area contributed by atoms with Crippen LogP contribution in [0.25, 0.3) is 0 Å². The summed E-state index contributed by atoms with van der Waals surface area (Å²) in [5, 5.41) is 0. The molecule has 66 valence electrons. The van der Waals surface area contributed by atoms with Crippen molar-refractivity contribution in [2.75, 3.05) is 6.61 Å². The summed E-state index contributed by atoms with van der Waals surface area (Å²) in [5.74, 6) is 1.22.